The minimum Gasteiger partial charge on any atom is -0.387 e. The van der Waals surface area contributed by atoms with E-state index in [0.717, 1.165) is 44.9 Å². The van der Waals surface area contributed by atoms with Gasteiger partial charge in [-0.3, -0.25) is 9.35 Å². The van der Waals surface area contributed by atoms with E-state index in [1.807, 2.05) is 0 Å². The molecule has 0 fully saturated rings. The third kappa shape index (κ3) is 37.4. The van der Waals surface area contributed by atoms with E-state index < -0.39 is 28.0 Å². The van der Waals surface area contributed by atoms with Crippen molar-refractivity contribution in [3.63, 3.8) is 0 Å². The van der Waals surface area contributed by atoms with E-state index in [1.165, 1.54) is 128 Å². The highest BCUT2D eigenvalue weighted by atomic mass is 32.2. The zero-order valence-corrected chi connectivity index (χ0v) is 32.6. The maximum absolute atomic E-state index is 12.5. The Balaban J connectivity index is 3.98. The van der Waals surface area contributed by atoms with Crippen LogP contribution in [0.1, 0.15) is 194 Å². The van der Waals surface area contributed by atoms with Gasteiger partial charge in [0.1, 0.15) is 0 Å². The summed E-state index contributed by atoms with van der Waals surface area (Å²) in [7, 11) is -4.36. The Bertz CT molecular complexity index is 956. The van der Waals surface area contributed by atoms with Gasteiger partial charge in [0.2, 0.25) is 5.91 Å². The third-order valence-electron chi connectivity index (χ3n) is 8.96. The van der Waals surface area contributed by atoms with Crippen LogP contribution in [0.3, 0.4) is 0 Å². The van der Waals surface area contributed by atoms with Gasteiger partial charge in [-0.15, -0.1) is 0 Å². The zero-order valence-electron chi connectivity index (χ0n) is 31.8. The molecule has 2 atom stereocenters. The number of hydrogen-bond donors (Lipinski definition) is 3. The molecule has 0 bridgehead atoms. The lowest BCUT2D eigenvalue weighted by molar-refractivity contribution is -0.122. The van der Waals surface area contributed by atoms with Gasteiger partial charge in [0.25, 0.3) is 10.1 Å². The van der Waals surface area contributed by atoms with Crippen molar-refractivity contribution in [1.29, 1.82) is 0 Å². The van der Waals surface area contributed by atoms with Gasteiger partial charge in [-0.05, 0) is 70.6 Å². The monoisotopic (exact) mass is 708 g/mol. The second kappa shape index (κ2) is 36.1. The summed E-state index contributed by atoms with van der Waals surface area (Å²) in [4.78, 5) is 12.5. The minimum absolute atomic E-state index is 0.281. The SMILES string of the molecule is CCCCCCC/C=C/CC/C=C/CC/C=C/C(O)C(CS(=O)(=O)O)NC(=O)CCCCCCCCCCC/C=C\CCCCCCCC. The molecule has 6 nitrogen and oxygen atoms in total. The number of rotatable bonds is 36. The molecule has 286 valence electrons. The number of nitrogens with one attached hydrogen (secondary N) is 1. The lowest BCUT2D eigenvalue weighted by Crippen LogP contribution is -2.46. The zero-order chi connectivity index (χ0) is 36.1. The average molecular weight is 708 g/mol. The number of carbonyl (C=O) groups excluding carboxylic acids is 1. The molecule has 0 aliphatic carbocycles. The van der Waals surface area contributed by atoms with Crippen molar-refractivity contribution in [3.8, 4) is 0 Å². The average Bonchev–Trinajstić information content (AvgIpc) is 3.06. The van der Waals surface area contributed by atoms with Crippen molar-refractivity contribution in [2.45, 2.75) is 206 Å². The molecule has 0 aliphatic heterocycles. The molecule has 7 heteroatoms. The van der Waals surface area contributed by atoms with Crippen LogP contribution in [0.25, 0.3) is 0 Å². The number of aliphatic hydroxyl groups excluding tert-OH is 1. The Kier molecular flexibility index (Phi) is 34.9. The van der Waals surface area contributed by atoms with Crippen LogP contribution in [-0.2, 0) is 14.9 Å². The van der Waals surface area contributed by atoms with Crippen molar-refractivity contribution in [1.82, 2.24) is 5.32 Å². The summed E-state index contributed by atoms with van der Waals surface area (Å²) < 4.78 is 32.4. The first-order valence-corrected chi connectivity index (χ1v) is 21.9. The van der Waals surface area contributed by atoms with E-state index in [2.05, 4.69) is 55.6 Å². The number of unbranched alkanes of at least 4 members (excludes halogenated alkanes) is 22. The predicted molar refractivity (Wildman–Crippen MR) is 212 cm³/mol. The highest BCUT2D eigenvalue weighted by Crippen LogP contribution is 2.13. The fraction of sp³-hybridized carbons (Fsp3) is 0.786. The maximum atomic E-state index is 12.5. The van der Waals surface area contributed by atoms with Crippen LogP contribution in [0.15, 0.2) is 48.6 Å². The molecule has 0 radical (unpaired) electrons. The number of amides is 1. The minimum atomic E-state index is -4.36. The highest BCUT2D eigenvalue weighted by Gasteiger charge is 2.24. The van der Waals surface area contributed by atoms with Crippen LogP contribution in [0, 0.1) is 0 Å². The van der Waals surface area contributed by atoms with Crippen molar-refractivity contribution in [2.75, 3.05) is 5.75 Å². The molecule has 0 aliphatic rings. The molecule has 0 aromatic rings. The van der Waals surface area contributed by atoms with Crippen molar-refractivity contribution < 1.29 is 22.9 Å². The molecule has 0 aromatic heterocycles. The number of carbonyl (C=O) groups is 1. The fourth-order valence-electron chi connectivity index (χ4n) is 5.89. The topological polar surface area (TPSA) is 104 Å². The maximum Gasteiger partial charge on any atom is 0.267 e. The fourth-order valence-corrected chi connectivity index (χ4v) is 6.62. The van der Waals surface area contributed by atoms with Crippen LogP contribution in [0.2, 0.25) is 0 Å². The molecular weight excluding hydrogens is 631 g/mol. The lowest BCUT2D eigenvalue weighted by Gasteiger charge is -2.21. The lowest BCUT2D eigenvalue weighted by atomic mass is 10.0. The summed E-state index contributed by atoms with van der Waals surface area (Å²) >= 11 is 0. The molecular formula is C42H77NO5S. The first-order chi connectivity index (χ1) is 23.8. The second-order valence-electron chi connectivity index (χ2n) is 13.9. The molecule has 0 rings (SSSR count). The van der Waals surface area contributed by atoms with Gasteiger partial charge >= 0.3 is 0 Å². The van der Waals surface area contributed by atoms with E-state index in [9.17, 15) is 22.9 Å². The van der Waals surface area contributed by atoms with Gasteiger partial charge in [-0.25, -0.2) is 0 Å². The van der Waals surface area contributed by atoms with Gasteiger partial charge in [-0.2, -0.15) is 8.42 Å². The van der Waals surface area contributed by atoms with Crippen LogP contribution in [0.4, 0.5) is 0 Å². The van der Waals surface area contributed by atoms with Gasteiger partial charge in [-0.1, -0.05) is 165 Å². The molecule has 0 spiro atoms. The Labute approximate surface area is 303 Å². The summed E-state index contributed by atoms with van der Waals surface area (Å²) in [6, 6.07) is -1.08. The quantitative estimate of drug-likeness (QED) is 0.0342. The Morgan fingerprint density at radius 3 is 1.29 bits per heavy atom. The smallest absolute Gasteiger partial charge is 0.267 e. The standard InChI is InChI=1S/C42H77NO5S/c1-3-5-7-9-11-13-15-17-19-20-21-22-24-26-28-30-32-34-36-38-42(45)43-40(39-49(46,47)48)41(44)37-35-33-31-29-27-25-23-18-16-14-12-10-8-6-4-2/h16-19,27,29,35,37,40-41,44H,3-15,20-26,28,30-34,36,38-39H2,1-2H3,(H,43,45)(H,46,47,48)/b18-16+,19-17-,29-27+,37-35+. The summed E-state index contributed by atoms with van der Waals surface area (Å²) in [5, 5.41) is 13.2. The van der Waals surface area contributed by atoms with Gasteiger partial charge in [0.15, 0.2) is 0 Å². The summed E-state index contributed by atoms with van der Waals surface area (Å²) in [6.07, 6.45) is 48.1. The molecule has 49 heavy (non-hydrogen) atoms. The molecule has 0 aromatic carbocycles. The highest BCUT2D eigenvalue weighted by molar-refractivity contribution is 7.85. The molecule has 1 amide bonds. The number of aliphatic hydroxyl groups is 1. The van der Waals surface area contributed by atoms with Gasteiger partial charge in [0, 0.05) is 6.42 Å². The third-order valence-corrected chi connectivity index (χ3v) is 9.74. The molecule has 0 saturated carbocycles. The van der Waals surface area contributed by atoms with Crippen molar-refractivity contribution in [3.05, 3.63) is 48.6 Å². The predicted octanol–water partition coefficient (Wildman–Crippen LogP) is 11.9. The van der Waals surface area contributed by atoms with Crippen LogP contribution in [0.5, 0.6) is 0 Å². The first-order valence-electron chi connectivity index (χ1n) is 20.3. The normalized spacial score (nSPS) is 13.8. The Morgan fingerprint density at radius 1 is 0.531 bits per heavy atom. The second-order valence-corrected chi connectivity index (χ2v) is 15.4. The van der Waals surface area contributed by atoms with Gasteiger partial charge in [0.05, 0.1) is 17.9 Å². The van der Waals surface area contributed by atoms with E-state index >= 15 is 0 Å². The number of hydrogen-bond acceptors (Lipinski definition) is 4. The Hall–Kier alpha value is -1.70. The summed E-state index contributed by atoms with van der Waals surface area (Å²) in [5.41, 5.74) is 0. The van der Waals surface area contributed by atoms with Crippen molar-refractivity contribution >= 4 is 16.0 Å². The first kappa shape index (κ1) is 47.3. The summed E-state index contributed by atoms with van der Waals surface area (Å²) in [6.45, 7) is 4.50. The van der Waals surface area contributed by atoms with Crippen LogP contribution < -0.4 is 5.32 Å². The van der Waals surface area contributed by atoms with Crippen LogP contribution >= 0.6 is 0 Å². The summed E-state index contributed by atoms with van der Waals surface area (Å²) in [5.74, 6) is -1.01. The number of allylic oxidation sites excluding steroid dienone is 7. The molecule has 3 N–H and O–H groups in total. The largest absolute Gasteiger partial charge is 0.387 e. The van der Waals surface area contributed by atoms with E-state index in [1.54, 1.807) is 6.08 Å². The molecule has 0 heterocycles. The Morgan fingerprint density at radius 2 is 0.878 bits per heavy atom. The van der Waals surface area contributed by atoms with Crippen molar-refractivity contribution in [2.24, 2.45) is 0 Å². The van der Waals surface area contributed by atoms with Gasteiger partial charge < -0.3 is 10.4 Å². The molecule has 2 unspecified atom stereocenters. The van der Waals surface area contributed by atoms with E-state index in [-0.39, 0.29) is 12.3 Å². The molecule has 0 saturated heterocycles. The van der Waals surface area contributed by atoms with Crippen LogP contribution in [-0.4, -0.2) is 41.9 Å². The van der Waals surface area contributed by atoms with E-state index in [4.69, 9.17) is 0 Å². The van der Waals surface area contributed by atoms with E-state index in [0.29, 0.717) is 6.42 Å².